The first-order chi connectivity index (χ1) is 11.6. The van der Waals surface area contributed by atoms with Crippen molar-refractivity contribution >= 4 is 27.7 Å². The van der Waals surface area contributed by atoms with Gasteiger partial charge in [-0.05, 0) is 43.3 Å². The molecule has 1 atom stereocenters. The molecule has 0 fully saturated rings. The fraction of sp³-hybridized carbons (Fsp3) is 0.222. The average Bonchev–Trinajstić information content (AvgIpc) is 2.60. The molecule has 0 aliphatic carbocycles. The Kier molecular flexibility index (Phi) is 6.81. The van der Waals surface area contributed by atoms with Crippen molar-refractivity contribution in [2.24, 2.45) is 0 Å². The minimum Gasteiger partial charge on any atom is -0.492 e. The third-order valence-corrected chi connectivity index (χ3v) is 3.79. The van der Waals surface area contributed by atoms with Crippen LogP contribution in [-0.2, 0) is 4.79 Å². The van der Waals surface area contributed by atoms with E-state index < -0.39 is 6.04 Å². The van der Waals surface area contributed by atoms with Crippen molar-refractivity contribution in [1.82, 2.24) is 10.6 Å². The number of ether oxygens (including phenoxy) is 1. The van der Waals surface area contributed by atoms with Crippen LogP contribution in [0.4, 0.5) is 0 Å². The molecule has 6 heteroatoms. The van der Waals surface area contributed by atoms with Gasteiger partial charge in [-0.1, -0.05) is 34.1 Å². The lowest BCUT2D eigenvalue weighted by molar-refractivity contribution is -0.122. The Bertz CT molecular complexity index is 674. The van der Waals surface area contributed by atoms with Gasteiger partial charge in [0, 0.05) is 10.0 Å². The number of benzene rings is 2. The summed E-state index contributed by atoms with van der Waals surface area (Å²) in [5.41, 5.74) is 0.524. The lowest BCUT2D eigenvalue weighted by atomic mass is 10.2. The van der Waals surface area contributed by atoms with Crippen LogP contribution in [0.2, 0.25) is 0 Å². The van der Waals surface area contributed by atoms with Gasteiger partial charge in [0.1, 0.15) is 18.4 Å². The van der Waals surface area contributed by atoms with Crippen LogP contribution in [-0.4, -0.2) is 31.0 Å². The number of nitrogens with one attached hydrogen (secondary N) is 2. The highest BCUT2D eigenvalue weighted by atomic mass is 79.9. The van der Waals surface area contributed by atoms with Crippen molar-refractivity contribution < 1.29 is 14.3 Å². The summed E-state index contributed by atoms with van der Waals surface area (Å²) >= 11 is 3.35. The first-order valence-corrected chi connectivity index (χ1v) is 8.37. The average molecular weight is 391 g/mol. The van der Waals surface area contributed by atoms with Crippen molar-refractivity contribution in [3.8, 4) is 5.75 Å². The van der Waals surface area contributed by atoms with Gasteiger partial charge < -0.3 is 15.4 Å². The molecule has 2 aromatic carbocycles. The van der Waals surface area contributed by atoms with E-state index in [1.54, 1.807) is 31.2 Å². The molecule has 2 amide bonds. The predicted octanol–water partition coefficient (Wildman–Crippen LogP) is 2.76. The van der Waals surface area contributed by atoms with Crippen molar-refractivity contribution in [3.63, 3.8) is 0 Å². The first kappa shape index (κ1) is 18.0. The first-order valence-electron chi connectivity index (χ1n) is 7.58. The Morgan fingerprint density at radius 1 is 1.08 bits per heavy atom. The van der Waals surface area contributed by atoms with Gasteiger partial charge in [0.05, 0.1) is 6.54 Å². The van der Waals surface area contributed by atoms with Crippen LogP contribution in [0.25, 0.3) is 0 Å². The number of carbonyl (C=O) groups excluding carboxylic acids is 2. The summed E-state index contributed by atoms with van der Waals surface area (Å²) in [7, 11) is 0. The molecule has 1 unspecified atom stereocenters. The fourth-order valence-corrected chi connectivity index (χ4v) is 2.23. The number of hydrogen-bond acceptors (Lipinski definition) is 3. The van der Waals surface area contributed by atoms with E-state index in [1.807, 2.05) is 30.3 Å². The summed E-state index contributed by atoms with van der Waals surface area (Å²) in [4.78, 5) is 24.0. The molecule has 2 N–H and O–H groups in total. The largest absolute Gasteiger partial charge is 0.492 e. The van der Waals surface area contributed by atoms with E-state index in [1.165, 1.54) is 0 Å². The van der Waals surface area contributed by atoms with Crippen molar-refractivity contribution in [3.05, 3.63) is 64.6 Å². The maximum absolute atomic E-state index is 12.0. The molecule has 5 nitrogen and oxygen atoms in total. The zero-order valence-electron chi connectivity index (χ0n) is 13.3. The Labute approximate surface area is 149 Å². The van der Waals surface area contributed by atoms with Gasteiger partial charge in [0.25, 0.3) is 5.91 Å². The second-order valence-electron chi connectivity index (χ2n) is 5.15. The zero-order chi connectivity index (χ0) is 17.4. The van der Waals surface area contributed by atoms with E-state index in [0.29, 0.717) is 18.7 Å². The number of hydrogen-bond donors (Lipinski definition) is 2. The summed E-state index contributed by atoms with van der Waals surface area (Å²) in [6.45, 7) is 2.36. The molecule has 0 saturated carbocycles. The van der Waals surface area contributed by atoms with E-state index in [9.17, 15) is 9.59 Å². The van der Waals surface area contributed by atoms with E-state index >= 15 is 0 Å². The Morgan fingerprint density at radius 3 is 2.42 bits per heavy atom. The molecule has 0 radical (unpaired) electrons. The van der Waals surface area contributed by atoms with E-state index in [2.05, 4.69) is 26.6 Å². The van der Waals surface area contributed by atoms with Crippen LogP contribution in [0, 0.1) is 0 Å². The lowest BCUT2D eigenvalue weighted by Crippen LogP contribution is -2.45. The monoisotopic (exact) mass is 390 g/mol. The summed E-state index contributed by atoms with van der Waals surface area (Å²) in [5, 5.41) is 5.40. The highest BCUT2D eigenvalue weighted by Gasteiger charge is 2.15. The number of carbonyl (C=O) groups is 2. The molecular formula is C18H19BrN2O3. The molecule has 2 aromatic rings. The Hall–Kier alpha value is -2.34. The van der Waals surface area contributed by atoms with Gasteiger partial charge >= 0.3 is 0 Å². The molecule has 0 aromatic heterocycles. The summed E-state index contributed by atoms with van der Waals surface area (Å²) in [6, 6.07) is 15.6. The molecule has 0 bridgehead atoms. The SMILES string of the molecule is CC(NC(=O)c1ccccc1)C(=O)NCCOc1ccc(Br)cc1. The minimum absolute atomic E-state index is 0.251. The minimum atomic E-state index is -0.620. The molecule has 0 aliphatic heterocycles. The normalized spacial score (nSPS) is 11.4. The van der Waals surface area contributed by atoms with Gasteiger partial charge in [-0.3, -0.25) is 9.59 Å². The van der Waals surface area contributed by atoms with Crippen LogP contribution < -0.4 is 15.4 Å². The van der Waals surface area contributed by atoms with E-state index in [4.69, 9.17) is 4.74 Å². The van der Waals surface area contributed by atoms with E-state index in [0.717, 1.165) is 10.2 Å². The topological polar surface area (TPSA) is 67.4 Å². The molecule has 0 saturated heterocycles. The zero-order valence-corrected chi connectivity index (χ0v) is 14.9. The standard InChI is InChI=1S/C18H19BrN2O3/c1-13(21-18(23)14-5-3-2-4-6-14)17(22)20-11-12-24-16-9-7-15(19)8-10-16/h2-10,13H,11-12H2,1H3,(H,20,22)(H,21,23). The third-order valence-electron chi connectivity index (χ3n) is 3.26. The van der Waals surface area contributed by atoms with Crippen LogP contribution in [0.1, 0.15) is 17.3 Å². The smallest absolute Gasteiger partial charge is 0.251 e. The van der Waals surface area contributed by atoms with Crippen molar-refractivity contribution in [1.29, 1.82) is 0 Å². The highest BCUT2D eigenvalue weighted by Crippen LogP contribution is 2.15. The Morgan fingerprint density at radius 2 is 1.75 bits per heavy atom. The van der Waals surface area contributed by atoms with Crippen LogP contribution in [0.15, 0.2) is 59.1 Å². The number of amides is 2. The van der Waals surface area contributed by atoms with Gasteiger partial charge in [-0.2, -0.15) is 0 Å². The Balaban J connectivity index is 1.70. The van der Waals surface area contributed by atoms with Crippen molar-refractivity contribution in [2.45, 2.75) is 13.0 Å². The van der Waals surface area contributed by atoms with Gasteiger partial charge in [0.2, 0.25) is 5.91 Å². The summed E-state index contributed by atoms with van der Waals surface area (Å²) in [5.74, 6) is 0.209. The molecule has 0 spiro atoms. The number of halogens is 1. The molecular weight excluding hydrogens is 372 g/mol. The lowest BCUT2D eigenvalue weighted by Gasteiger charge is -2.14. The summed E-state index contributed by atoms with van der Waals surface area (Å²) in [6.07, 6.45) is 0. The molecule has 126 valence electrons. The van der Waals surface area contributed by atoms with Gasteiger partial charge in [-0.15, -0.1) is 0 Å². The molecule has 24 heavy (non-hydrogen) atoms. The summed E-state index contributed by atoms with van der Waals surface area (Å²) < 4.78 is 6.50. The molecule has 0 heterocycles. The quantitative estimate of drug-likeness (QED) is 0.714. The van der Waals surface area contributed by atoms with Crippen molar-refractivity contribution in [2.75, 3.05) is 13.2 Å². The van der Waals surface area contributed by atoms with Gasteiger partial charge in [-0.25, -0.2) is 0 Å². The third kappa shape index (κ3) is 5.70. The van der Waals surface area contributed by atoms with E-state index in [-0.39, 0.29) is 11.8 Å². The second kappa shape index (κ2) is 9.08. The van der Waals surface area contributed by atoms with Gasteiger partial charge in [0.15, 0.2) is 0 Å². The highest BCUT2D eigenvalue weighted by molar-refractivity contribution is 9.10. The van der Waals surface area contributed by atoms with Crippen LogP contribution >= 0.6 is 15.9 Å². The maximum atomic E-state index is 12.0. The molecule has 2 rings (SSSR count). The van der Waals surface area contributed by atoms with Crippen LogP contribution in [0.3, 0.4) is 0 Å². The second-order valence-corrected chi connectivity index (χ2v) is 6.07. The predicted molar refractivity (Wildman–Crippen MR) is 96.0 cm³/mol. The number of rotatable bonds is 7. The molecule has 0 aliphatic rings. The van der Waals surface area contributed by atoms with Crippen LogP contribution in [0.5, 0.6) is 5.75 Å². The fourth-order valence-electron chi connectivity index (χ4n) is 1.96. The maximum Gasteiger partial charge on any atom is 0.251 e.